The van der Waals surface area contributed by atoms with Crippen molar-refractivity contribution in [3.8, 4) is 0 Å². The van der Waals surface area contributed by atoms with Gasteiger partial charge in [0.1, 0.15) is 0 Å². The van der Waals surface area contributed by atoms with Crippen LogP contribution < -0.4 is 9.80 Å². The van der Waals surface area contributed by atoms with Crippen molar-refractivity contribution in [1.82, 2.24) is 25.2 Å². The van der Waals surface area contributed by atoms with Crippen molar-refractivity contribution in [2.24, 2.45) is 5.92 Å². The number of ether oxygens (including phenoxy) is 1. The Morgan fingerprint density at radius 2 is 1.89 bits per heavy atom. The van der Waals surface area contributed by atoms with Gasteiger partial charge in [-0.25, -0.2) is 14.6 Å². The van der Waals surface area contributed by atoms with Gasteiger partial charge in [-0.05, 0) is 48.5 Å². The molecule has 0 spiro atoms. The van der Waals surface area contributed by atoms with E-state index in [1.807, 2.05) is 0 Å². The number of anilines is 2. The number of hydrogen-bond acceptors (Lipinski definition) is 9. The maximum absolute atomic E-state index is 5.21. The van der Waals surface area contributed by atoms with E-state index < -0.39 is 0 Å². The number of likely N-dealkylation sites (tertiary alicyclic amines) is 1. The van der Waals surface area contributed by atoms with E-state index in [9.17, 15) is 0 Å². The Morgan fingerprint density at radius 1 is 1.11 bits per heavy atom. The molecule has 0 amide bonds. The number of rotatable bonds is 7. The van der Waals surface area contributed by atoms with Crippen LogP contribution in [0, 0.1) is 5.92 Å². The van der Waals surface area contributed by atoms with E-state index >= 15 is 0 Å². The fourth-order valence-electron chi connectivity index (χ4n) is 4.15. The van der Waals surface area contributed by atoms with Gasteiger partial charge in [0.05, 0.1) is 6.61 Å². The van der Waals surface area contributed by atoms with Crippen LogP contribution in [0.15, 0.2) is 4.63 Å². The van der Waals surface area contributed by atoms with Crippen molar-refractivity contribution < 1.29 is 9.37 Å². The Bertz CT molecular complexity index is 746. The highest BCUT2D eigenvalue weighted by Gasteiger charge is 2.27. The van der Waals surface area contributed by atoms with Gasteiger partial charge in [-0.15, -0.1) is 0 Å². The molecule has 2 aliphatic rings. The lowest BCUT2D eigenvalue weighted by Crippen LogP contribution is -2.34. The van der Waals surface area contributed by atoms with Crippen LogP contribution in [0.1, 0.15) is 25.7 Å². The van der Waals surface area contributed by atoms with Crippen molar-refractivity contribution in [1.29, 1.82) is 0 Å². The smallest absolute Gasteiger partial charge is 0.245 e. The summed E-state index contributed by atoms with van der Waals surface area (Å²) in [5, 5.41) is 7.79. The summed E-state index contributed by atoms with van der Waals surface area (Å²) in [4.78, 5) is 16.5. The van der Waals surface area contributed by atoms with Gasteiger partial charge in [0, 0.05) is 46.9 Å². The first-order valence-electron chi connectivity index (χ1n) is 9.92. The highest BCUT2D eigenvalue weighted by atomic mass is 16.6. The summed E-state index contributed by atoms with van der Waals surface area (Å²) in [6, 6.07) is 0. The molecule has 2 saturated heterocycles. The van der Waals surface area contributed by atoms with Gasteiger partial charge in [-0.3, -0.25) is 0 Å². The second kappa shape index (κ2) is 8.35. The molecule has 0 radical (unpaired) electrons. The Morgan fingerprint density at radius 3 is 2.67 bits per heavy atom. The van der Waals surface area contributed by atoms with Gasteiger partial charge in [-0.2, -0.15) is 0 Å². The van der Waals surface area contributed by atoms with Crippen LogP contribution in [0.25, 0.3) is 11.3 Å². The summed E-state index contributed by atoms with van der Waals surface area (Å²) in [5.41, 5.74) is 0.963. The minimum atomic E-state index is 0.478. The van der Waals surface area contributed by atoms with Crippen molar-refractivity contribution in [3.05, 3.63) is 0 Å². The molecule has 1 atom stereocenters. The van der Waals surface area contributed by atoms with Crippen LogP contribution in [0.4, 0.5) is 11.6 Å². The molecule has 2 fully saturated rings. The Kier molecular flexibility index (Phi) is 5.68. The van der Waals surface area contributed by atoms with E-state index in [2.05, 4.69) is 32.1 Å². The van der Waals surface area contributed by atoms with Gasteiger partial charge in [0.25, 0.3) is 0 Å². The number of aromatic nitrogens is 4. The highest BCUT2D eigenvalue weighted by Crippen LogP contribution is 2.30. The number of methoxy groups -OCH3 is 1. The Balaban J connectivity index is 1.51. The molecular weight excluding hydrogens is 346 g/mol. The highest BCUT2D eigenvalue weighted by molar-refractivity contribution is 5.74. The average molecular weight is 375 g/mol. The van der Waals surface area contributed by atoms with E-state index in [-0.39, 0.29) is 0 Å². The SMILES string of the molecule is COCCN1CCC(CN(C)c2nc3nonc3nc2N2CCCCC2)C1. The second-order valence-electron chi connectivity index (χ2n) is 7.66. The molecule has 4 rings (SSSR count). The van der Waals surface area contributed by atoms with E-state index in [4.69, 9.17) is 19.3 Å². The van der Waals surface area contributed by atoms with Crippen molar-refractivity contribution in [2.75, 3.05) is 69.8 Å². The largest absolute Gasteiger partial charge is 0.383 e. The minimum absolute atomic E-state index is 0.478. The van der Waals surface area contributed by atoms with E-state index in [0.29, 0.717) is 17.2 Å². The van der Waals surface area contributed by atoms with Crippen molar-refractivity contribution in [3.63, 3.8) is 0 Å². The third-order valence-corrected chi connectivity index (χ3v) is 5.61. The maximum Gasteiger partial charge on any atom is 0.245 e. The molecular formula is C18H29N7O2. The summed E-state index contributed by atoms with van der Waals surface area (Å²) < 4.78 is 10.1. The summed E-state index contributed by atoms with van der Waals surface area (Å²) in [6.07, 6.45) is 4.87. The summed E-state index contributed by atoms with van der Waals surface area (Å²) in [6.45, 7) is 7.03. The lowest BCUT2D eigenvalue weighted by molar-refractivity contribution is 0.159. The van der Waals surface area contributed by atoms with Gasteiger partial charge in [0.2, 0.25) is 11.3 Å². The fraction of sp³-hybridized carbons (Fsp3) is 0.778. The molecule has 0 N–H and O–H groups in total. The molecule has 4 heterocycles. The third-order valence-electron chi connectivity index (χ3n) is 5.61. The first-order chi connectivity index (χ1) is 13.2. The molecule has 0 aliphatic carbocycles. The summed E-state index contributed by atoms with van der Waals surface area (Å²) in [5.74, 6) is 2.42. The van der Waals surface area contributed by atoms with Crippen molar-refractivity contribution in [2.45, 2.75) is 25.7 Å². The maximum atomic E-state index is 5.21. The molecule has 0 saturated carbocycles. The van der Waals surface area contributed by atoms with E-state index in [1.54, 1.807) is 7.11 Å². The number of piperidine rings is 1. The van der Waals surface area contributed by atoms with E-state index in [1.165, 1.54) is 25.7 Å². The first-order valence-corrected chi connectivity index (χ1v) is 9.92. The third kappa shape index (κ3) is 4.14. The van der Waals surface area contributed by atoms with Gasteiger partial charge in [-0.1, -0.05) is 0 Å². The number of fused-ring (bicyclic) bond motifs is 1. The summed E-state index contributed by atoms with van der Waals surface area (Å²) >= 11 is 0. The predicted molar refractivity (Wildman–Crippen MR) is 103 cm³/mol. The number of nitrogens with zero attached hydrogens (tertiary/aromatic N) is 7. The van der Waals surface area contributed by atoms with Crippen LogP contribution in [-0.2, 0) is 4.74 Å². The molecule has 0 aromatic carbocycles. The fourth-order valence-corrected chi connectivity index (χ4v) is 4.15. The molecule has 27 heavy (non-hydrogen) atoms. The van der Waals surface area contributed by atoms with Gasteiger partial charge < -0.3 is 19.4 Å². The van der Waals surface area contributed by atoms with Crippen molar-refractivity contribution >= 4 is 22.9 Å². The van der Waals surface area contributed by atoms with E-state index in [0.717, 1.165) is 57.5 Å². The van der Waals surface area contributed by atoms with Crippen LogP contribution in [0.5, 0.6) is 0 Å². The lowest BCUT2D eigenvalue weighted by Gasteiger charge is -2.31. The molecule has 1 unspecified atom stereocenters. The zero-order valence-corrected chi connectivity index (χ0v) is 16.3. The zero-order valence-electron chi connectivity index (χ0n) is 16.3. The molecule has 9 heteroatoms. The minimum Gasteiger partial charge on any atom is -0.383 e. The monoisotopic (exact) mass is 375 g/mol. The number of hydrogen-bond donors (Lipinski definition) is 0. The lowest BCUT2D eigenvalue weighted by atomic mass is 10.1. The molecule has 0 bridgehead atoms. The average Bonchev–Trinajstić information content (AvgIpc) is 3.34. The molecule has 9 nitrogen and oxygen atoms in total. The standard InChI is InChI=1S/C18H29N7O2/c1-23(12-14-6-9-24(13-14)10-11-26-2)17-18(25-7-4-3-5-8-25)20-16-15(19-17)21-27-22-16/h14H,3-13H2,1-2H3. The predicted octanol–water partition coefficient (Wildman–Crippen LogP) is 1.41. The van der Waals surface area contributed by atoms with Crippen LogP contribution in [0.2, 0.25) is 0 Å². The quantitative estimate of drug-likeness (QED) is 0.713. The molecule has 148 valence electrons. The topological polar surface area (TPSA) is 83.7 Å². The normalized spacial score (nSPS) is 21.3. The Labute approximate surface area is 159 Å². The second-order valence-corrected chi connectivity index (χ2v) is 7.66. The molecule has 2 aromatic heterocycles. The van der Waals surface area contributed by atoms with Crippen LogP contribution in [0.3, 0.4) is 0 Å². The Hall–Kier alpha value is -2.00. The van der Waals surface area contributed by atoms with Gasteiger partial charge >= 0.3 is 0 Å². The van der Waals surface area contributed by atoms with Crippen LogP contribution >= 0.6 is 0 Å². The van der Waals surface area contributed by atoms with Crippen LogP contribution in [-0.4, -0.2) is 85.2 Å². The molecule has 2 aromatic rings. The first kappa shape index (κ1) is 18.4. The van der Waals surface area contributed by atoms with Gasteiger partial charge in [0.15, 0.2) is 11.6 Å². The molecule has 2 aliphatic heterocycles. The zero-order chi connectivity index (χ0) is 18.6. The summed E-state index contributed by atoms with van der Waals surface area (Å²) in [7, 11) is 3.87.